The predicted molar refractivity (Wildman–Crippen MR) is 297 cm³/mol. The molecule has 0 spiro atoms. The first kappa shape index (κ1) is 41.5. The molecule has 0 aliphatic carbocycles. The predicted octanol–water partition coefficient (Wildman–Crippen LogP) is 12.3. The summed E-state index contributed by atoms with van der Waals surface area (Å²) in [4.78, 5) is 0. The van der Waals surface area contributed by atoms with Crippen molar-refractivity contribution in [3.8, 4) is 56.0 Å². The summed E-state index contributed by atoms with van der Waals surface area (Å²) in [5, 5.41) is 7.58. The van der Waals surface area contributed by atoms with E-state index in [1.807, 2.05) is 0 Å². The summed E-state index contributed by atoms with van der Waals surface area (Å²) in [6.07, 6.45) is 0. The number of hydrogen-bond acceptors (Lipinski definition) is 2. The molecule has 0 amide bonds. The Labute approximate surface area is 409 Å². The van der Waals surface area contributed by atoms with Crippen LogP contribution in [0.4, 0.5) is 0 Å². The highest BCUT2D eigenvalue weighted by Crippen LogP contribution is 2.42. The first-order valence-electron chi connectivity index (χ1n) is 24.1. The Morgan fingerprint density at radius 3 is 1.41 bits per heavy atom. The lowest BCUT2D eigenvalue weighted by atomic mass is 9.34. The maximum Gasteiger partial charge on any atom is 0.252 e. The van der Waals surface area contributed by atoms with Crippen LogP contribution in [0.15, 0.2) is 277 Å². The first-order chi connectivity index (χ1) is 34.7. The Morgan fingerprint density at radius 2 is 0.800 bits per heavy atom. The molecule has 70 heavy (non-hydrogen) atoms. The quantitative estimate of drug-likeness (QED) is 0.106. The van der Waals surface area contributed by atoms with E-state index in [4.69, 9.17) is 9.15 Å². The second-order valence-electron chi connectivity index (χ2n) is 18.2. The summed E-state index contributed by atoms with van der Waals surface area (Å²) < 4.78 is 13.7. The number of hydrogen-bond donors (Lipinski definition) is 0. The van der Waals surface area contributed by atoms with Gasteiger partial charge in [-0.3, -0.25) is 0 Å². The van der Waals surface area contributed by atoms with Crippen molar-refractivity contribution in [2.75, 3.05) is 0 Å². The van der Waals surface area contributed by atoms with Crippen LogP contribution in [0.5, 0.6) is 11.5 Å². The van der Waals surface area contributed by atoms with E-state index in [9.17, 15) is 0 Å². The SMILES string of the molecule is c1ccc(-c2ccc(-c3cccc4c3oc3ccc(-c5cccc([Si](c6ccccc6)(c6ccccc6)c6ccccc6)c5)cc34)c(-c3ccccc3)c2B2c3ccccc3Oc3ccccc32)cc1. The van der Waals surface area contributed by atoms with Gasteiger partial charge in [0.15, 0.2) is 8.07 Å². The van der Waals surface area contributed by atoms with Crippen LogP contribution in [0.1, 0.15) is 0 Å². The normalized spacial score (nSPS) is 12.1. The Kier molecular flexibility index (Phi) is 10.3. The summed E-state index contributed by atoms with van der Waals surface area (Å²) in [7, 11) is -2.73. The van der Waals surface area contributed by atoms with Gasteiger partial charge in [0.25, 0.3) is 6.71 Å². The van der Waals surface area contributed by atoms with E-state index in [0.717, 1.165) is 72.2 Å². The van der Waals surface area contributed by atoms with Gasteiger partial charge in [-0.05, 0) is 94.9 Å². The average molecular weight is 909 g/mol. The maximum absolute atomic E-state index is 7.07. The molecule has 2 nitrogen and oxygen atoms in total. The molecule has 0 fully saturated rings. The molecule has 1 aromatic heterocycles. The molecule has 0 radical (unpaired) electrons. The third-order valence-electron chi connectivity index (χ3n) is 14.4. The largest absolute Gasteiger partial charge is 0.458 e. The number of para-hydroxylation sites is 3. The zero-order chi connectivity index (χ0) is 46.4. The minimum atomic E-state index is -2.73. The Morgan fingerprint density at radius 1 is 0.314 bits per heavy atom. The van der Waals surface area contributed by atoms with Gasteiger partial charge >= 0.3 is 0 Å². The summed E-state index contributed by atoms with van der Waals surface area (Å²) in [6, 6.07) is 99.4. The molecular formula is C66H45BO2Si. The molecule has 1 aliphatic heterocycles. The van der Waals surface area contributed by atoms with Gasteiger partial charge in [0.1, 0.15) is 22.7 Å². The molecule has 0 N–H and O–H groups in total. The molecule has 0 unspecified atom stereocenters. The molecule has 0 saturated heterocycles. The van der Waals surface area contributed by atoms with Crippen LogP contribution in [0.3, 0.4) is 0 Å². The van der Waals surface area contributed by atoms with Gasteiger partial charge in [0.2, 0.25) is 0 Å². The summed E-state index contributed by atoms with van der Waals surface area (Å²) in [6.45, 7) is -0.118. The molecule has 4 heteroatoms. The lowest BCUT2D eigenvalue weighted by molar-refractivity contribution is 0.487. The summed E-state index contributed by atoms with van der Waals surface area (Å²) in [5.74, 6) is 1.76. The Bertz CT molecular complexity index is 3710. The van der Waals surface area contributed by atoms with E-state index in [0.29, 0.717) is 0 Å². The molecule has 1 aliphatic rings. The van der Waals surface area contributed by atoms with E-state index >= 15 is 0 Å². The standard InChI is InChI=1S/C66H45BO2Si/c1-6-22-46(23-7-1)54-41-42-55(64(47-24-8-2-9-25-47)65(54)67-59-36-16-18-38-62(59)68-63-39-19-17-37-60(63)67)56-34-21-35-57-58-45-49(40-43-61(58)69-66(56)57)48-26-20-33-53(44-48)70(50-27-10-3-11-28-50,51-29-12-4-13-30-51)52-31-14-5-15-32-52/h1-45H. The van der Waals surface area contributed by atoms with Crippen LogP contribution < -0.4 is 41.9 Å². The highest BCUT2D eigenvalue weighted by Gasteiger charge is 2.42. The minimum absolute atomic E-state index is 0.118. The van der Waals surface area contributed by atoms with E-state index in [1.54, 1.807) is 0 Å². The number of ether oxygens (including phenoxy) is 1. The summed E-state index contributed by atoms with van der Waals surface area (Å²) >= 11 is 0. The van der Waals surface area contributed by atoms with E-state index in [-0.39, 0.29) is 6.71 Å². The van der Waals surface area contributed by atoms with Gasteiger partial charge in [-0.15, -0.1) is 0 Å². The molecule has 12 aromatic rings. The van der Waals surface area contributed by atoms with Gasteiger partial charge in [0, 0.05) is 16.3 Å². The average Bonchev–Trinajstić information content (AvgIpc) is 3.82. The van der Waals surface area contributed by atoms with Crippen molar-refractivity contribution < 1.29 is 9.15 Å². The molecule has 0 atom stereocenters. The minimum Gasteiger partial charge on any atom is -0.458 e. The highest BCUT2D eigenvalue weighted by atomic mass is 28.3. The van der Waals surface area contributed by atoms with Gasteiger partial charge in [-0.25, -0.2) is 0 Å². The topological polar surface area (TPSA) is 22.4 Å². The highest BCUT2D eigenvalue weighted by molar-refractivity contribution is 7.20. The monoisotopic (exact) mass is 908 g/mol. The van der Waals surface area contributed by atoms with Crippen molar-refractivity contribution in [2.45, 2.75) is 0 Å². The number of rotatable bonds is 9. The van der Waals surface area contributed by atoms with Crippen LogP contribution in [-0.4, -0.2) is 14.8 Å². The second kappa shape index (κ2) is 17.4. The molecular weight excluding hydrogens is 864 g/mol. The number of benzene rings is 11. The fraction of sp³-hybridized carbons (Fsp3) is 0. The van der Waals surface area contributed by atoms with Crippen LogP contribution >= 0.6 is 0 Å². The van der Waals surface area contributed by atoms with Crippen LogP contribution in [0.25, 0.3) is 66.4 Å². The van der Waals surface area contributed by atoms with Crippen molar-refractivity contribution in [1.82, 2.24) is 0 Å². The second-order valence-corrected chi connectivity index (χ2v) is 22.0. The van der Waals surface area contributed by atoms with Crippen molar-refractivity contribution in [1.29, 1.82) is 0 Å². The van der Waals surface area contributed by atoms with Crippen molar-refractivity contribution in [2.24, 2.45) is 0 Å². The third-order valence-corrected chi connectivity index (χ3v) is 19.2. The molecule has 2 heterocycles. The van der Waals surface area contributed by atoms with Crippen LogP contribution in [-0.2, 0) is 0 Å². The fourth-order valence-corrected chi connectivity index (χ4v) is 16.1. The Balaban J connectivity index is 1.02. The summed E-state index contributed by atoms with van der Waals surface area (Å²) in [5.41, 5.74) is 14.4. The Hall–Kier alpha value is -8.70. The zero-order valence-corrected chi connectivity index (χ0v) is 39.4. The molecule has 0 saturated carbocycles. The molecule has 0 bridgehead atoms. The number of fused-ring (bicyclic) bond motifs is 5. The van der Waals surface area contributed by atoms with Crippen molar-refractivity contribution >= 4 is 73.9 Å². The third kappa shape index (κ3) is 6.87. The van der Waals surface area contributed by atoms with Crippen molar-refractivity contribution in [3.63, 3.8) is 0 Å². The maximum atomic E-state index is 7.07. The van der Waals surface area contributed by atoms with Gasteiger partial charge in [-0.1, -0.05) is 254 Å². The fourth-order valence-electron chi connectivity index (χ4n) is 11.3. The zero-order valence-electron chi connectivity index (χ0n) is 38.4. The van der Waals surface area contributed by atoms with Gasteiger partial charge in [0.05, 0.1) is 0 Å². The van der Waals surface area contributed by atoms with Crippen molar-refractivity contribution in [3.05, 3.63) is 273 Å². The molecule has 328 valence electrons. The van der Waals surface area contributed by atoms with E-state index in [1.165, 1.54) is 42.9 Å². The van der Waals surface area contributed by atoms with Gasteiger partial charge in [-0.2, -0.15) is 0 Å². The lowest BCUT2D eigenvalue weighted by Crippen LogP contribution is -2.74. The molecule has 13 rings (SSSR count). The van der Waals surface area contributed by atoms with Gasteiger partial charge < -0.3 is 9.15 Å². The number of furan rings is 1. The smallest absolute Gasteiger partial charge is 0.252 e. The lowest BCUT2D eigenvalue weighted by Gasteiger charge is -2.34. The first-order valence-corrected chi connectivity index (χ1v) is 26.1. The van der Waals surface area contributed by atoms with E-state index < -0.39 is 8.07 Å². The van der Waals surface area contributed by atoms with Crippen LogP contribution in [0, 0.1) is 0 Å². The molecule has 11 aromatic carbocycles. The van der Waals surface area contributed by atoms with E-state index in [2.05, 4.69) is 273 Å². The van der Waals surface area contributed by atoms with Crippen LogP contribution in [0.2, 0.25) is 0 Å².